The van der Waals surface area contributed by atoms with Gasteiger partial charge in [0.1, 0.15) is 21.2 Å². The lowest BCUT2D eigenvalue weighted by Gasteiger charge is -2.23. The van der Waals surface area contributed by atoms with E-state index >= 15 is 0 Å². The molecule has 1 atom stereocenters. The highest BCUT2D eigenvalue weighted by Gasteiger charge is 2.26. The van der Waals surface area contributed by atoms with Crippen molar-refractivity contribution in [1.82, 2.24) is 4.90 Å². The van der Waals surface area contributed by atoms with E-state index in [1.54, 1.807) is 13.8 Å². The summed E-state index contributed by atoms with van der Waals surface area (Å²) in [6.07, 6.45) is 1.43. The Morgan fingerprint density at radius 3 is 2.38 bits per heavy atom. The van der Waals surface area contributed by atoms with Crippen LogP contribution in [-0.2, 0) is 16.3 Å². The van der Waals surface area contributed by atoms with Crippen LogP contribution in [-0.4, -0.2) is 55.4 Å². The quantitative estimate of drug-likeness (QED) is 0.840. The van der Waals surface area contributed by atoms with E-state index in [0.29, 0.717) is 6.42 Å². The number of carboxylic acids is 1. The molecular weight excluding hydrogens is 298 g/mol. The van der Waals surface area contributed by atoms with Crippen molar-refractivity contribution in [1.29, 1.82) is 0 Å². The van der Waals surface area contributed by atoms with E-state index in [1.807, 2.05) is 0 Å². The van der Waals surface area contributed by atoms with Gasteiger partial charge in [0, 0.05) is 31.8 Å². The van der Waals surface area contributed by atoms with Crippen LogP contribution in [0, 0.1) is 0 Å². The fourth-order valence-electron chi connectivity index (χ4n) is 1.90. The third-order valence-corrected chi connectivity index (χ3v) is 4.18. The number of rotatable bonds is 6. The average Bonchev–Trinajstić information content (AvgIpc) is 2.79. The maximum absolute atomic E-state index is 12.2. The van der Waals surface area contributed by atoms with Gasteiger partial charge in [-0.25, -0.2) is 13.2 Å². The zero-order valence-corrected chi connectivity index (χ0v) is 13.2. The lowest BCUT2D eigenvalue weighted by atomic mass is 10.2. The van der Waals surface area contributed by atoms with Gasteiger partial charge >= 0.3 is 5.97 Å². The van der Waals surface area contributed by atoms with Gasteiger partial charge in [-0.15, -0.1) is 0 Å². The van der Waals surface area contributed by atoms with Crippen LogP contribution in [0.5, 0.6) is 0 Å². The Balaban J connectivity index is 3.00. The Morgan fingerprint density at radius 1 is 1.43 bits per heavy atom. The minimum atomic E-state index is -3.22. The second-order valence-electron chi connectivity index (χ2n) is 4.96. The molecule has 1 aromatic heterocycles. The van der Waals surface area contributed by atoms with E-state index in [0.717, 1.165) is 6.26 Å². The van der Waals surface area contributed by atoms with Gasteiger partial charge in [0.15, 0.2) is 5.76 Å². The molecule has 0 aliphatic heterocycles. The highest BCUT2D eigenvalue weighted by atomic mass is 32.2. The van der Waals surface area contributed by atoms with Crippen LogP contribution in [0.2, 0.25) is 0 Å². The maximum Gasteiger partial charge on any atom is 0.339 e. The van der Waals surface area contributed by atoms with Crippen molar-refractivity contribution in [3.8, 4) is 0 Å². The number of hydrogen-bond acceptors (Lipinski definition) is 5. The van der Waals surface area contributed by atoms with Gasteiger partial charge in [-0.1, -0.05) is 6.92 Å². The molecule has 0 aromatic carbocycles. The summed E-state index contributed by atoms with van der Waals surface area (Å²) in [5.74, 6) is -1.78. The van der Waals surface area contributed by atoms with Crippen molar-refractivity contribution < 1.29 is 27.5 Å². The number of carbonyl (C=O) groups excluding carboxylic acids is 1. The predicted molar refractivity (Wildman–Crippen MR) is 76.3 cm³/mol. The first-order valence-corrected chi connectivity index (χ1v) is 8.43. The summed E-state index contributed by atoms with van der Waals surface area (Å²) in [6, 6.07) is 0.628. The third kappa shape index (κ3) is 4.32. The summed E-state index contributed by atoms with van der Waals surface area (Å²) in [5.41, 5.74) is -0.0509. The van der Waals surface area contributed by atoms with Crippen molar-refractivity contribution in [2.75, 3.05) is 19.1 Å². The summed E-state index contributed by atoms with van der Waals surface area (Å²) >= 11 is 0. The highest BCUT2D eigenvalue weighted by molar-refractivity contribution is 7.90. The SMILES string of the molecule is CCc1oc(C(=O)N(C)C(C)CS(C)(=O)=O)cc1C(=O)O. The second-order valence-corrected chi connectivity index (χ2v) is 7.15. The Morgan fingerprint density at radius 2 is 2.00 bits per heavy atom. The van der Waals surface area contributed by atoms with E-state index < -0.39 is 27.8 Å². The van der Waals surface area contributed by atoms with E-state index in [4.69, 9.17) is 9.52 Å². The molecule has 0 fully saturated rings. The van der Waals surface area contributed by atoms with E-state index in [9.17, 15) is 18.0 Å². The molecule has 0 aliphatic rings. The van der Waals surface area contributed by atoms with Gasteiger partial charge in [-0.3, -0.25) is 4.79 Å². The molecule has 0 aliphatic carbocycles. The Labute approximate surface area is 123 Å². The Bertz CT molecular complexity index is 646. The first-order valence-electron chi connectivity index (χ1n) is 6.37. The molecule has 7 nitrogen and oxygen atoms in total. The van der Waals surface area contributed by atoms with Gasteiger partial charge in [0.25, 0.3) is 5.91 Å². The minimum absolute atomic E-state index is 0.0509. The van der Waals surface area contributed by atoms with Crippen LogP contribution in [0.1, 0.15) is 40.5 Å². The lowest BCUT2D eigenvalue weighted by molar-refractivity contribution is 0.0691. The van der Waals surface area contributed by atoms with Crippen LogP contribution in [0.4, 0.5) is 0 Å². The molecule has 118 valence electrons. The van der Waals surface area contributed by atoms with Crippen LogP contribution < -0.4 is 0 Å². The van der Waals surface area contributed by atoms with Crippen LogP contribution >= 0.6 is 0 Å². The number of nitrogens with zero attached hydrogens (tertiary/aromatic N) is 1. The normalized spacial score (nSPS) is 13.0. The third-order valence-electron chi connectivity index (χ3n) is 3.10. The number of carbonyl (C=O) groups is 2. The molecule has 1 heterocycles. The largest absolute Gasteiger partial charge is 0.478 e. The number of carboxylic acid groups (broad SMARTS) is 1. The fraction of sp³-hybridized carbons (Fsp3) is 0.538. The standard InChI is InChI=1S/C13H19NO6S/c1-5-10-9(13(16)17)6-11(20-10)12(15)14(3)8(2)7-21(4,18)19/h6,8H,5,7H2,1-4H3,(H,16,17). The van der Waals surface area contributed by atoms with Crippen LogP contribution in [0.25, 0.3) is 0 Å². The Hall–Kier alpha value is -1.83. The zero-order chi connectivity index (χ0) is 16.4. The van der Waals surface area contributed by atoms with Gasteiger partial charge in [-0.2, -0.15) is 0 Å². The minimum Gasteiger partial charge on any atom is -0.478 e. The van der Waals surface area contributed by atoms with Crippen molar-refractivity contribution in [2.24, 2.45) is 0 Å². The first-order chi connectivity index (χ1) is 9.56. The van der Waals surface area contributed by atoms with Crippen LogP contribution in [0.3, 0.4) is 0 Å². The molecule has 1 rings (SSSR count). The van der Waals surface area contributed by atoms with E-state index in [2.05, 4.69) is 0 Å². The topological polar surface area (TPSA) is 105 Å². The number of sulfone groups is 1. The molecule has 0 bridgehead atoms. The van der Waals surface area contributed by atoms with Crippen molar-refractivity contribution in [2.45, 2.75) is 26.3 Å². The van der Waals surface area contributed by atoms with E-state index in [-0.39, 0.29) is 22.8 Å². The molecule has 0 spiro atoms. The molecule has 1 unspecified atom stereocenters. The molecule has 0 saturated heterocycles. The molecule has 1 aromatic rings. The van der Waals surface area contributed by atoms with Gasteiger partial charge < -0.3 is 14.4 Å². The second kappa shape index (κ2) is 6.30. The molecule has 1 amide bonds. The molecule has 8 heteroatoms. The van der Waals surface area contributed by atoms with Crippen molar-refractivity contribution in [3.63, 3.8) is 0 Å². The Kier molecular flexibility index (Phi) is 5.16. The summed E-state index contributed by atoms with van der Waals surface area (Å²) < 4.78 is 27.8. The predicted octanol–water partition coefficient (Wildman–Crippen LogP) is 1.05. The van der Waals surface area contributed by atoms with Gasteiger partial charge in [0.05, 0.1) is 5.75 Å². The monoisotopic (exact) mass is 317 g/mol. The van der Waals surface area contributed by atoms with Crippen molar-refractivity contribution >= 4 is 21.7 Å². The number of aromatic carboxylic acids is 1. The molecule has 0 radical (unpaired) electrons. The smallest absolute Gasteiger partial charge is 0.339 e. The molecule has 0 saturated carbocycles. The average molecular weight is 317 g/mol. The van der Waals surface area contributed by atoms with Gasteiger partial charge in [-0.05, 0) is 6.92 Å². The summed E-state index contributed by atoms with van der Waals surface area (Å²) in [6.45, 7) is 3.32. The van der Waals surface area contributed by atoms with E-state index in [1.165, 1.54) is 18.0 Å². The van der Waals surface area contributed by atoms with Crippen molar-refractivity contribution in [3.05, 3.63) is 23.2 Å². The number of hydrogen-bond donors (Lipinski definition) is 1. The molecule has 1 N–H and O–H groups in total. The zero-order valence-electron chi connectivity index (χ0n) is 12.4. The fourth-order valence-corrected chi connectivity index (χ4v) is 3.00. The lowest BCUT2D eigenvalue weighted by Crippen LogP contribution is -2.39. The molecule has 21 heavy (non-hydrogen) atoms. The maximum atomic E-state index is 12.2. The summed E-state index contributed by atoms with van der Waals surface area (Å²) in [4.78, 5) is 24.5. The number of aryl methyl sites for hydroxylation is 1. The number of furan rings is 1. The summed E-state index contributed by atoms with van der Waals surface area (Å²) in [5, 5.41) is 9.03. The number of amides is 1. The highest BCUT2D eigenvalue weighted by Crippen LogP contribution is 2.18. The molecular formula is C13H19NO6S. The summed E-state index contributed by atoms with van der Waals surface area (Å²) in [7, 11) is -1.77. The van der Waals surface area contributed by atoms with Crippen LogP contribution in [0.15, 0.2) is 10.5 Å². The van der Waals surface area contributed by atoms with Gasteiger partial charge in [0.2, 0.25) is 0 Å². The first kappa shape index (κ1) is 17.2.